The van der Waals surface area contributed by atoms with Gasteiger partial charge in [0.05, 0.1) is 26.2 Å². The van der Waals surface area contributed by atoms with Crippen molar-refractivity contribution >= 4 is 17.8 Å². The van der Waals surface area contributed by atoms with E-state index in [2.05, 4.69) is 9.72 Å². The van der Waals surface area contributed by atoms with Gasteiger partial charge in [-0.25, -0.2) is 9.78 Å². The molecule has 0 amide bonds. The molecule has 1 atom stereocenters. The van der Waals surface area contributed by atoms with Crippen LogP contribution in [0.4, 0.5) is 5.82 Å². The van der Waals surface area contributed by atoms with Crippen molar-refractivity contribution in [2.45, 2.75) is 12.5 Å². The van der Waals surface area contributed by atoms with Crippen molar-refractivity contribution in [1.29, 1.82) is 0 Å². The molecule has 1 aromatic heterocycles. The highest BCUT2D eigenvalue weighted by Gasteiger charge is 2.24. The number of aromatic carboxylic acids is 1. The fraction of sp³-hybridized carbons (Fsp3) is 0.462. The lowest BCUT2D eigenvalue weighted by Gasteiger charge is -2.33. The highest BCUT2D eigenvalue weighted by atomic mass is 16.5. The van der Waals surface area contributed by atoms with Crippen LogP contribution in [-0.4, -0.2) is 54.9 Å². The van der Waals surface area contributed by atoms with Gasteiger partial charge < -0.3 is 19.5 Å². The van der Waals surface area contributed by atoms with Gasteiger partial charge in [0.25, 0.3) is 0 Å². The van der Waals surface area contributed by atoms with E-state index >= 15 is 0 Å². The fourth-order valence-corrected chi connectivity index (χ4v) is 2.04. The summed E-state index contributed by atoms with van der Waals surface area (Å²) >= 11 is 0. The third-order valence-corrected chi connectivity index (χ3v) is 3.04. The predicted molar refractivity (Wildman–Crippen MR) is 69.8 cm³/mol. The lowest BCUT2D eigenvalue weighted by atomic mass is 10.2. The summed E-state index contributed by atoms with van der Waals surface area (Å²) in [6, 6.07) is 4.84. The Labute approximate surface area is 116 Å². The quantitative estimate of drug-likeness (QED) is 0.805. The SMILES string of the molecule is COC(=O)CC1CN(c2cccc(C(=O)O)n2)CCO1. The molecule has 1 N–H and O–H groups in total. The van der Waals surface area contributed by atoms with Crippen LogP contribution in [0.15, 0.2) is 18.2 Å². The first-order chi connectivity index (χ1) is 9.60. The summed E-state index contributed by atoms with van der Waals surface area (Å²) < 4.78 is 10.1. The number of hydrogen-bond donors (Lipinski definition) is 1. The molecule has 1 saturated heterocycles. The number of ether oxygens (including phenoxy) is 2. The Morgan fingerprint density at radius 3 is 3.05 bits per heavy atom. The largest absolute Gasteiger partial charge is 0.477 e. The topological polar surface area (TPSA) is 89.0 Å². The van der Waals surface area contributed by atoms with Gasteiger partial charge in [0.1, 0.15) is 5.82 Å². The van der Waals surface area contributed by atoms with Crippen LogP contribution in [0, 0.1) is 0 Å². The minimum Gasteiger partial charge on any atom is -0.477 e. The second-order valence-corrected chi connectivity index (χ2v) is 4.41. The van der Waals surface area contributed by atoms with Crippen LogP contribution >= 0.6 is 0 Å². The Morgan fingerprint density at radius 1 is 1.55 bits per heavy atom. The normalized spacial score (nSPS) is 18.6. The van der Waals surface area contributed by atoms with Crippen LogP contribution < -0.4 is 4.90 Å². The molecule has 1 aromatic rings. The summed E-state index contributed by atoms with van der Waals surface area (Å²) in [6.45, 7) is 1.54. The maximum atomic E-state index is 11.3. The van der Waals surface area contributed by atoms with Gasteiger partial charge >= 0.3 is 11.9 Å². The Kier molecular flexibility index (Phi) is 4.52. The molecule has 0 radical (unpaired) electrons. The van der Waals surface area contributed by atoms with Gasteiger partial charge in [-0.15, -0.1) is 0 Å². The number of carbonyl (C=O) groups is 2. The third kappa shape index (κ3) is 3.45. The molecule has 1 aliphatic heterocycles. The molecule has 108 valence electrons. The predicted octanol–water partition coefficient (Wildman–Crippen LogP) is 0.548. The highest BCUT2D eigenvalue weighted by molar-refractivity contribution is 5.85. The smallest absolute Gasteiger partial charge is 0.354 e. The van der Waals surface area contributed by atoms with E-state index in [4.69, 9.17) is 9.84 Å². The highest BCUT2D eigenvalue weighted by Crippen LogP contribution is 2.17. The van der Waals surface area contributed by atoms with E-state index in [9.17, 15) is 9.59 Å². The number of carboxylic acid groups (broad SMARTS) is 1. The number of rotatable bonds is 4. The number of carbonyl (C=O) groups excluding carboxylic acids is 1. The zero-order valence-corrected chi connectivity index (χ0v) is 11.1. The zero-order chi connectivity index (χ0) is 14.5. The van der Waals surface area contributed by atoms with Crippen molar-refractivity contribution in [3.8, 4) is 0 Å². The van der Waals surface area contributed by atoms with Gasteiger partial charge in [0.2, 0.25) is 0 Å². The minimum atomic E-state index is -1.06. The molecule has 7 nitrogen and oxygen atoms in total. The fourth-order valence-electron chi connectivity index (χ4n) is 2.04. The Hall–Kier alpha value is -2.15. The zero-order valence-electron chi connectivity index (χ0n) is 11.1. The first-order valence-corrected chi connectivity index (χ1v) is 6.24. The molecule has 1 fully saturated rings. The molecule has 0 bridgehead atoms. The Morgan fingerprint density at radius 2 is 2.35 bits per heavy atom. The van der Waals surface area contributed by atoms with Gasteiger partial charge in [-0.1, -0.05) is 6.07 Å². The van der Waals surface area contributed by atoms with Gasteiger partial charge in [0.15, 0.2) is 5.69 Å². The van der Waals surface area contributed by atoms with Crippen molar-refractivity contribution < 1.29 is 24.2 Å². The molecule has 1 aliphatic rings. The first-order valence-electron chi connectivity index (χ1n) is 6.24. The molecular weight excluding hydrogens is 264 g/mol. The van der Waals surface area contributed by atoms with Crippen LogP contribution in [0.25, 0.3) is 0 Å². The summed E-state index contributed by atoms with van der Waals surface area (Å²) in [6.07, 6.45) is -0.0995. The average Bonchev–Trinajstić information content (AvgIpc) is 2.47. The number of aromatic nitrogens is 1. The van der Waals surface area contributed by atoms with E-state index in [1.54, 1.807) is 12.1 Å². The summed E-state index contributed by atoms with van der Waals surface area (Å²) in [7, 11) is 1.33. The van der Waals surface area contributed by atoms with Crippen LogP contribution in [0.3, 0.4) is 0 Å². The van der Waals surface area contributed by atoms with Crippen LogP contribution in [0.2, 0.25) is 0 Å². The molecule has 7 heteroatoms. The number of esters is 1. The maximum Gasteiger partial charge on any atom is 0.354 e. The summed E-state index contributed by atoms with van der Waals surface area (Å²) in [5.74, 6) is -0.821. The summed E-state index contributed by atoms with van der Waals surface area (Å²) in [5, 5.41) is 8.94. The second kappa shape index (κ2) is 6.33. The first kappa shape index (κ1) is 14.3. The molecule has 0 aliphatic carbocycles. The number of hydrogen-bond acceptors (Lipinski definition) is 6. The van der Waals surface area contributed by atoms with Crippen molar-refractivity contribution in [3.05, 3.63) is 23.9 Å². The summed E-state index contributed by atoms with van der Waals surface area (Å²) in [4.78, 5) is 28.2. The monoisotopic (exact) mass is 280 g/mol. The van der Waals surface area contributed by atoms with E-state index in [1.165, 1.54) is 13.2 Å². The Balaban J connectivity index is 2.06. The van der Waals surface area contributed by atoms with E-state index in [-0.39, 0.29) is 24.2 Å². The summed E-state index contributed by atoms with van der Waals surface area (Å²) in [5.41, 5.74) is -0.00138. The van der Waals surface area contributed by atoms with E-state index in [0.29, 0.717) is 25.5 Å². The third-order valence-electron chi connectivity index (χ3n) is 3.04. The molecule has 2 heterocycles. The van der Waals surface area contributed by atoms with E-state index in [0.717, 1.165) is 0 Å². The molecule has 0 aromatic carbocycles. The van der Waals surface area contributed by atoms with Crippen molar-refractivity contribution in [1.82, 2.24) is 4.98 Å². The minimum absolute atomic E-state index is 0.00138. The van der Waals surface area contributed by atoms with Gasteiger partial charge in [-0.05, 0) is 12.1 Å². The maximum absolute atomic E-state index is 11.3. The number of pyridine rings is 1. The molecule has 0 spiro atoms. The number of anilines is 1. The number of nitrogens with zero attached hydrogens (tertiary/aromatic N) is 2. The van der Waals surface area contributed by atoms with Crippen molar-refractivity contribution in [2.24, 2.45) is 0 Å². The van der Waals surface area contributed by atoms with E-state index < -0.39 is 5.97 Å². The van der Waals surface area contributed by atoms with Crippen LogP contribution in [0.5, 0.6) is 0 Å². The molecule has 2 rings (SSSR count). The van der Waals surface area contributed by atoms with Crippen molar-refractivity contribution in [2.75, 3.05) is 31.7 Å². The molecular formula is C13H16N2O5. The van der Waals surface area contributed by atoms with Crippen molar-refractivity contribution in [3.63, 3.8) is 0 Å². The Bertz CT molecular complexity index is 505. The van der Waals surface area contributed by atoms with Gasteiger partial charge in [-0.2, -0.15) is 0 Å². The van der Waals surface area contributed by atoms with Crippen LogP contribution in [-0.2, 0) is 14.3 Å². The lowest BCUT2D eigenvalue weighted by Crippen LogP contribution is -2.44. The molecule has 20 heavy (non-hydrogen) atoms. The lowest BCUT2D eigenvalue weighted by molar-refractivity contribution is -0.144. The molecule has 1 unspecified atom stereocenters. The second-order valence-electron chi connectivity index (χ2n) is 4.41. The number of methoxy groups -OCH3 is 1. The molecule has 0 saturated carbocycles. The number of carboxylic acids is 1. The van der Waals surface area contributed by atoms with E-state index in [1.807, 2.05) is 4.90 Å². The average molecular weight is 280 g/mol. The van der Waals surface area contributed by atoms with Crippen LogP contribution in [0.1, 0.15) is 16.9 Å². The van der Waals surface area contributed by atoms with Gasteiger partial charge in [0, 0.05) is 13.1 Å². The van der Waals surface area contributed by atoms with Gasteiger partial charge in [-0.3, -0.25) is 4.79 Å². The number of morpholine rings is 1. The standard InChI is InChI=1S/C13H16N2O5/c1-19-12(16)7-9-8-15(5-6-20-9)11-4-2-3-10(14-11)13(17)18/h2-4,9H,5-8H2,1H3,(H,17,18).